The van der Waals surface area contributed by atoms with Crippen molar-refractivity contribution in [2.75, 3.05) is 11.9 Å². The maximum absolute atomic E-state index is 13.3. The summed E-state index contributed by atoms with van der Waals surface area (Å²) in [7, 11) is 0. The third-order valence-corrected chi connectivity index (χ3v) is 3.91. The number of hydrogen-bond acceptors (Lipinski definition) is 4. The van der Waals surface area contributed by atoms with Crippen LogP contribution < -0.4 is 5.32 Å². The Hall–Kier alpha value is -2.28. The zero-order valence-electron chi connectivity index (χ0n) is 12.2. The van der Waals surface area contributed by atoms with Crippen LogP contribution in [-0.4, -0.2) is 18.5 Å². The monoisotopic (exact) mass is 339 g/mol. The molecule has 0 unspecified atom stereocenters. The Morgan fingerprint density at radius 2 is 1.87 bits per heavy atom. The zero-order valence-corrected chi connectivity index (χ0v) is 13.0. The van der Waals surface area contributed by atoms with Gasteiger partial charge in [0, 0.05) is 11.3 Å². The molecule has 0 bridgehead atoms. The molecule has 0 spiro atoms. The van der Waals surface area contributed by atoms with Crippen LogP contribution in [0.5, 0.6) is 0 Å². The van der Waals surface area contributed by atoms with Gasteiger partial charge in [-0.1, -0.05) is 12.1 Å². The number of carbonyl (C=O) groups excluding carboxylic acids is 2. The number of halogens is 2. The van der Waals surface area contributed by atoms with Crippen LogP contribution in [0.15, 0.2) is 35.7 Å². The van der Waals surface area contributed by atoms with Crippen molar-refractivity contribution in [1.29, 1.82) is 0 Å². The second-order valence-electron chi connectivity index (χ2n) is 4.74. The van der Waals surface area contributed by atoms with Crippen LogP contribution in [-0.2, 0) is 20.7 Å². The summed E-state index contributed by atoms with van der Waals surface area (Å²) in [4.78, 5) is 24.2. The molecular weight excluding hydrogens is 324 g/mol. The molecule has 0 aliphatic carbocycles. The predicted molar refractivity (Wildman–Crippen MR) is 83.2 cm³/mol. The number of amides is 1. The summed E-state index contributed by atoms with van der Waals surface area (Å²) in [6, 6.07) is 7.15. The van der Waals surface area contributed by atoms with Gasteiger partial charge in [0.1, 0.15) is 17.3 Å². The van der Waals surface area contributed by atoms with E-state index in [1.807, 2.05) is 22.8 Å². The van der Waals surface area contributed by atoms with Crippen molar-refractivity contribution in [3.05, 3.63) is 52.2 Å². The SMILES string of the molecule is O=C(COC(=O)CCCc1cccs1)Nc1c(F)cccc1F. The second kappa shape index (κ2) is 8.38. The summed E-state index contributed by atoms with van der Waals surface area (Å²) in [5, 5.41) is 4.01. The van der Waals surface area contributed by atoms with Gasteiger partial charge in [-0.2, -0.15) is 0 Å². The van der Waals surface area contributed by atoms with E-state index in [0.29, 0.717) is 6.42 Å². The first-order chi connectivity index (χ1) is 11.1. The molecule has 0 aliphatic heterocycles. The van der Waals surface area contributed by atoms with E-state index in [2.05, 4.69) is 0 Å². The Balaban J connectivity index is 1.70. The van der Waals surface area contributed by atoms with Gasteiger partial charge in [-0.25, -0.2) is 8.78 Å². The summed E-state index contributed by atoms with van der Waals surface area (Å²) in [6.45, 7) is -0.578. The molecule has 1 aromatic carbocycles. The van der Waals surface area contributed by atoms with Gasteiger partial charge < -0.3 is 10.1 Å². The lowest BCUT2D eigenvalue weighted by molar-refractivity contribution is -0.147. The van der Waals surface area contributed by atoms with E-state index in [1.165, 1.54) is 10.9 Å². The Morgan fingerprint density at radius 1 is 1.13 bits per heavy atom. The molecule has 0 atom stereocenters. The van der Waals surface area contributed by atoms with Crippen LogP contribution in [0.3, 0.4) is 0 Å². The number of anilines is 1. The summed E-state index contributed by atoms with van der Waals surface area (Å²) in [6.07, 6.45) is 1.56. The van der Waals surface area contributed by atoms with Crippen molar-refractivity contribution in [2.45, 2.75) is 19.3 Å². The average Bonchev–Trinajstić information content (AvgIpc) is 3.02. The van der Waals surface area contributed by atoms with Gasteiger partial charge in [0.25, 0.3) is 5.91 Å². The summed E-state index contributed by atoms with van der Waals surface area (Å²) in [5.74, 6) is -3.09. The molecular formula is C16H15F2NO3S. The van der Waals surface area contributed by atoms with E-state index in [9.17, 15) is 18.4 Å². The van der Waals surface area contributed by atoms with Crippen molar-refractivity contribution in [3.63, 3.8) is 0 Å². The number of carbonyl (C=O) groups is 2. The molecule has 23 heavy (non-hydrogen) atoms. The Labute approximate surface area is 136 Å². The first-order valence-electron chi connectivity index (χ1n) is 6.98. The van der Waals surface area contributed by atoms with Gasteiger partial charge in [0.05, 0.1) is 0 Å². The van der Waals surface area contributed by atoms with E-state index >= 15 is 0 Å². The number of para-hydroxylation sites is 1. The van der Waals surface area contributed by atoms with Crippen LogP contribution >= 0.6 is 11.3 Å². The minimum Gasteiger partial charge on any atom is -0.456 e. The van der Waals surface area contributed by atoms with Gasteiger partial charge >= 0.3 is 5.97 Å². The Bertz CT molecular complexity index is 654. The third-order valence-electron chi connectivity index (χ3n) is 2.98. The van der Waals surface area contributed by atoms with Gasteiger partial charge in [-0.15, -0.1) is 11.3 Å². The van der Waals surface area contributed by atoms with E-state index in [1.54, 1.807) is 11.3 Å². The van der Waals surface area contributed by atoms with Gasteiger partial charge in [-0.3, -0.25) is 9.59 Å². The van der Waals surface area contributed by atoms with Crippen LogP contribution in [0, 0.1) is 11.6 Å². The van der Waals surface area contributed by atoms with Crippen molar-refractivity contribution in [2.24, 2.45) is 0 Å². The van der Waals surface area contributed by atoms with E-state index in [-0.39, 0.29) is 6.42 Å². The highest BCUT2D eigenvalue weighted by Gasteiger charge is 2.13. The molecule has 1 heterocycles. The summed E-state index contributed by atoms with van der Waals surface area (Å²) < 4.78 is 31.5. The first kappa shape index (κ1) is 17.1. The lowest BCUT2D eigenvalue weighted by atomic mass is 10.2. The van der Waals surface area contributed by atoms with E-state index in [4.69, 9.17) is 4.74 Å². The highest BCUT2D eigenvalue weighted by Crippen LogP contribution is 2.17. The summed E-state index contributed by atoms with van der Waals surface area (Å²) >= 11 is 1.61. The van der Waals surface area contributed by atoms with Gasteiger partial charge in [0.15, 0.2) is 6.61 Å². The predicted octanol–water partition coefficient (Wildman–Crippen LogP) is 3.53. The fourth-order valence-corrected chi connectivity index (χ4v) is 2.62. The maximum Gasteiger partial charge on any atom is 0.306 e. The third kappa shape index (κ3) is 5.45. The van der Waals surface area contributed by atoms with Gasteiger partial charge in [-0.05, 0) is 36.4 Å². The molecule has 0 fully saturated rings. The van der Waals surface area contributed by atoms with Crippen molar-refractivity contribution in [3.8, 4) is 0 Å². The van der Waals surface area contributed by atoms with Crippen LogP contribution in [0.25, 0.3) is 0 Å². The maximum atomic E-state index is 13.3. The standard InChI is InChI=1S/C16H15F2NO3S/c17-12-6-2-7-13(18)16(12)19-14(20)10-22-15(21)8-1-4-11-5-3-9-23-11/h2-3,5-7,9H,1,4,8,10H2,(H,19,20). The number of hydrogen-bond donors (Lipinski definition) is 1. The smallest absolute Gasteiger partial charge is 0.306 e. The molecule has 1 aromatic heterocycles. The molecule has 7 heteroatoms. The van der Waals surface area contributed by atoms with Crippen molar-refractivity contribution >= 4 is 28.9 Å². The number of rotatable bonds is 7. The number of nitrogens with one attached hydrogen (secondary N) is 1. The average molecular weight is 339 g/mol. The number of benzene rings is 1. The fourth-order valence-electron chi connectivity index (χ4n) is 1.87. The first-order valence-corrected chi connectivity index (χ1v) is 7.86. The molecule has 4 nitrogen and oxygen atoms in total. The molecule has 2 rings (SSSR count). The Kier molecular flexibility index (Phi) is 6.22. The van der Waals surface area contributed by atoms with Crippen molar-refractivity contribution < 1.29 is 23.1 Å². The number of esters is 1. The summed E-state index contributed by atoms with van der Waals surface area (Å²) in [5.41, 5.74) is -0.550. The highest BCUT2D eigenvalue weighted by molar-refractivity contribution is 7.09. The number of ether oxygens (including phenoxy) is 1. The van der Waals surface area contributed by atoms with E-state index in [0.717, 1.165) is 18.6 Å². The van der Waals surface area contributed by atoms with Crippen LogP contribution in [0.4, 0.5) is 14.5 Å². The minimum absolute atomic E-state index is 0.180. The molecule has 122 valence electrons. The zero-order chi connectivity index (χ0) is 16.7. The molecule has 1 N–H and O–H groups in total. The van der Waals surface area contributed by atoms with Crippen LogP contribution in [0.2, 0.25) is 0 Å². The normalized spacial score (nSPS) is 10.3. The molecule has 0 radical (unpaired) electrons. The molecule has 0 aliphatic rings. The lowest BCUT2D eigenvalue weighted by Gasteiger charge is -2.08. The largest absolute Gasteiger partial charge is 0.456 e. The van der Waals surface area contributed by atoms with Crippen LogP contribution in [0.1, 0.15) is 17.7 Å². The molecule has 0 saturated carbocycles. The lowest BCUT2D eigenvalue weighted by Crippen LogP contribution is -2.22. The topological polar surface area (TPSA) is 55.4 Å². The van der Waals surface area contributed by atoms with Crippen molar-refractivity contribution in [1.82, 2.24) is 0 Å². The van der Waals surface area contributed by atoms with Gasteiger partial charge in [0.2, 0.25) is 0 Å². The Morgan fingerprint density at radius 3 is 2.52 bits per heavy atom. The highest BCUT2D eigenvalue weighted by atomic mass is 32.1. The van der Waals surface area contributed by atoms with E-state index < -0.39 is 35.8 Å². The molecule has 0 saturated heterocycles. The molecule has 1 amide bonds. The number of aryl methyl sites for hydroxylation is 1. The fraction of sp³-hybridized carbons (Fsp3) is 0.250. The number of thiophene rings is 1. The second-order valence-corrected chi connectivity index (χ2v) is 5.77. The quantitative estimate of drug-likeness (QED) is 0.785. The minimum atomic E-state index is -0.888. The molecule has 2 aromatic rings.